The first-order chi connectivity index (χ1) is 5.36. The molecule has 3 nitrogen and oxygen atoms in total. The summed E-state index contributed by atoms with van der Waals surface area (Å²) in [4.78, 5) is 14.4. The standard InChI is InChI=1S/C8H6N2O/c11-8-5-7-3-1-2-4-10(7)6-9-8/h1-6H. The van der Waals surface area contributed by atoms with Gasteiger partial charge in [-0.05, 0) is 12.1 Å². The Kier molecular flexibility index (Phi) is 1.22. The van der Waals surface area contributed by atoms with E-state index < -0.39 is 0 Å². The van der Waals surface area contributed by atoms with Crippen molar-refractivity contribution in [2.75, 3.05) is 0 Å². The van der Waals surface area contributed by atoms with Crippen molar-refractivity contribution in [3.05, 3.63) is 47.1 Å². The molecule has 11 heavy (non-hydrogen) atoms. The molecule has 0 unspecified atom stereocenters. The van der Waals surface area contributed by atoms with Gasteiger partial charge in [-0.1, -0.05) is 6.07 Å². The molecule has 0 saturated heterocycles. The van der Waals surface area contributed by atoms with Gasteiger partial charge in [-0.2, -0.15) is 4.98 Å². The van der Waals surface area contributed by atoms with E-state index in [0.717, 1.165) is 5.52 Å². The molecule has 2 rings (SSSR count). The molecule has 0 spiro atoms. The highest BCUT2D eigenvalue weighted by atomic mass is 16.1. The third-order valence-electron chi connectivity index (χ3n) is 1.50. The Labute approximate surface area is 62.9 Å². The van der Waals surface area contributed by atoms with Gasteiger partial charge in [0.15, 0.2) is 0 Å². The smallest absolute Gasteiger partial charge is 0.273 e. The van der Waals surface area contributed by atoms with Crippen LogP contribution in [-0.4, -0.2) is 9.38 Å². The minimum absolute atomic E-state index is 0.198. The molecule has 0 aliphatic carbocycles. The Hall–Kier alpha value is -1.64. The summed E-state index contributed by atoms with van der Waals surface area (Å²) in [7, 11) is 0. The molecule has 0 aliphatic heterocycles. The molecule has 2 aromatic rings. The van der Waals surface area contributed by atoms with E-state index in [-0.39, 0.29) is 5.56 Å². The summed E-state index contributed by atoms with van der Waals surface area (Å²) in [5, 5.41) is 0. The first-order valence-electron chi connectivity index (χ1n) is 3.29. The Morgan fingerprint density at radius 2 is 2.27 bits per heavy atom. The number of rotatable bonds is 0. The summed E-state index contributed by atoms with van der Waals surface area (Å²) < 4.78 is 1.79. The van der Waals surface area contributed by atoms with Gasteiger partial charge in [-0.15, -0.1) is 0 Å². The normalized spacial score (nSPS) is 10.2. The molecule has 2 aromatic heterocycles. The monoisotopic (exact) mass is 146 g/mol. The van der Waals surface area contributed by atoms with Gasteiger partial charge in [0.1, 0.15) is 6.33 Å². The largest absolute Gasteiger partial charge is 0.308 e. The van der Waals surface area contributed by atoms with Gasteiger partial charge in [-0.3, -0.25) is 4.79 Å². The number of fused-ring (bicyclic) bond motifs is 1. The SMILES string of the molecule is O=c1cc2ccccn2cn1. The molecule has 0 atom stereocenters. The Balaban J connectivity index is 2.94. The van der Waals surface area contributed by atoms with Crippen LogP contribution in [0.5, 0.6) is 0 Å². The minimum Gasteiger partial charge on any atom is -0.308 e. The zero-order valence-electron chi connectivity index (χ0n) is 5.77. The van der Waals surface area contributed by atoms with Crippen molar-refractivity contribution in [3.63, 3.8) is 0 Å². The molecule has 54 valence electrons. The fourth-order valence-electron chi connectivity index (χ4n) is 0.979. The van der Waals surface area contributed by atoms with Gasteiger partial charge in [0.05, 0.1) is 5.52 Å². The van der Waals surface area contributed by atoms with Crippen molar-refractivity contribution in [1.29, 1.82) is 0 Å². The lowest BCUT2D eigenvalue weighted by Crippen LogP contribution is -2.05. The molecular formula is C8H6N2O. The minimum atomic E-state index is -0.198. The third-order valence-corrected chi connectivity index (χ3v) is 1.50. The van der Waals surface area contributed by atoms with Crippen LogP contribution in [0.15, 0.2) is 41.6 Å². The molecule has 3 heteroatoms. The van der Waals surface area contributed by atoms with Crippen LogP contribution in [0.4, 0.5) is 0 Å². The van der Waals surface area contributed by atoms with Crippen LogP contribution in [0.2, 0.25) is 0 Å². The number of hydrogen-bond donors (Lipinski definition) is 0. The second-order valence-electron chi connectivity index (χ2n) is 2.26. The highest BCUT2D eigenvalue weighted by Gasteiger charge is 1.88. The van der Waals surface area contributed by atoms with Crippen LogP contribution >= 0.6 is 0 Å². The van der Waals surface area contributed by atoms with Crippen LogP contribution in [-0.2, 0) is 0 Å². The van der Waals surface area contributed by atoms with E-state index in [1.54, 1.807) is 4.40 Å². The first kappa shape index (κ1) is 6.09. The van der Waals surface area contributed by atoms with E-state index in [9.17, 15) is 4.79 Å². The van der Waals surface area contributed by atoms with E-state index >= 15 is 0 Å². The molecule has 0 N–H and O–H groups in total. The van der Waals surface area contributed by atoms with Gasteiger partial charge < -0.3 is 4.40 Å². The lowest BCUT2D eigenvalue weighted by atomic mass is 10.4. The van der Waals surface area contributed by atoms with Crippen molar-refractivity contribution in [2.24, 2.45) is 0 Å². The summed E-state index contributed by atoms with van der Waals surface area (Å²) >= 11 is 0. The molecule has 0 amide bonds. The van der Waals surface area contributed by atoms with Gasteiger partial charge >= 0.3 is 0 Å². The molecule has 0 radical (unpaired) electrons. The molecule has 0 aromatic carbocycles. The molecule has 0 fully saturated rings. The molecule has 2 heterocycles. The maximum Gasteiger partial charge on any atom is 0.273 e. The molecule has 0 saturated carbocycles. The lowest BCUT2D eigenvalue weighted by Gasteiger charge is -1.95. The molecule has 0 bridgehead atoms. The fraction of sp³-hybridized carbons (Fsp3) is 0. The van der Waals surface area contributed by atoms with Crippen molar-refractivity contribution in [3.8, 4) is 0 Å². The van der Waals surface area contributed by atoms with Crippen LogP contribution in [0.25, 0.3) is 5.52 Å². The second kappa shape index (κ2) is 2.20. The number of nitrogens with zero attached hydrogens (tertiary/aromatic N) is 2. The molecular weight excluding hydrogens is 140 g/mol. The topological polar surface area (TPSA) is 34.4 Å². The zero-order chi connectivity index (χ0) is 7.68. The third kappa shape index (κ3) is 1.00. The Bertz CT molecular complexity index is 433. The maximum atomic E-state index is 10.8. The van der Waals surface area contributed by atoms with E-state index in [1.165, 1.54) is 12.4 Å². The van der Waals surface area contributed by atoms with E-state index in [1.807, 2.05) is 24.4 Å². The summed E-state index contributed by atoms with van der Waals surface area (Å²) in [6, 6.07) is 7.14. The van der Waals surface area contributed by atoms with Gasteiger partial charge in [0, 0.05) is 12.3 Å². The van der Waals surface area contributed by atoms with Gasteiger partial charge in [-0.25, -0.2) is 0 Å². The summed E-state index contributed by atoms with van der Waals surface area (Å²) in [5.74, 6) is 0. The fourth-order valence-corrected chi connectivity index (χ4v) is 0.979. The van der Waals surface area contributed by atoms with Gasteiger partial charge in [0.2, 0.25) is 0 Å². The summed E-state index contributed by atoms with van der Waals surface area (Å²) in [5.41, 5.74) is 0.670. The van der Waals surface area contributed by atoms with E-state index in [2.05, 4.69) is 4.98 Å². The van der Waals surface area contributed by atoms with Crippen molar-refractivity contribution in [1.82, 2.24) is 9.38 Å². The summed E-state index contributed by atoms with van der Waals surface area (Å²) in [6.45, 7) is 0. The van der Waals surface area contributed by atoms with E-state index in [4.69, 9.17) is 0 Å². The zero-order valence-corrected chi connectivity index (χ0v) is 5.77. The van der Waals surface area contributed by atoms with Crippen molar-refractivity contribution < 1.29 is 0 Å². The summed E-state index contributed by atoms with van der Waals surface area (Å²) in [6.07, 6.45) is 3.36. The van der Waals surface area contributed by atoms with Crippen LogP contribution in [0, 0.1) is 0 Å². The van der Waals surface area contributed by atoms with Gasteiger partial charge in [0.25, 0.3) is 5.56 Å². The predicted molar refractivity (Wildman–Crippen MR) is 41.5 cm³/mol. The van der Waals surface area contributed by atoms with Crippen LogP contribution in [0.3, 0.4) is 0 Å². The van der Waals surface area contributed by atoms with Crippen molar-refractivity contribution >= 4 is 5.52 Å². The average molecular weight is 146 g/mol. The van der Waals surface area contributed by atoms with Crippen LogP contribution in [0.1, 0.15) is 0 Å². The Morgan fingerprint density at radius 1 is 1.36 bits per heavy atom. The number of aromatic nitrogens is 2. The average Bonchev–Trinajstić information content (AvgIpc) is 2.04. The molecule has 0 aliphatic rings. The predicted octanol–water partition coefficient (Wildman–Crippen LogP) is 0.694. The number of hydrogen-bond acceptors (Lipinski definition) is 2. The number of pyridine rings is 1. The van der Waals surface area contributed by atoms with Crippen molar-refractivity contribution in [2.45, 2.75) is 0 Å². The highest BCUT2D eigenvalue weighted by molar-refractivity contribution is 5.44. The quantitative estimate of drug-likeness (QED) is 0.548. The second-order valence-corrected chi connectivity index (χ2v) is 2.26. The first-order valence-corrected chi connectivity index (χ1v) is 3.29. The Morgan fingerprint density at radius 3 is 3.18 bits per heavy atom. The van der Waals surface area contributed by atoms with E-state index in [0.29, 0.717) is 0 Å². The maximum absolute atomic E-state index is 10.8. The lowest BCUT2D eigenvalue weighted by molar-refractivity contribution is 1.05. The van der Waals surface area contributed by atoms with Crippen LogP contribution < -0.4 is 5.56 Å². The highest BCUT2D eigenvalue weighted by Crippen LogP contribution is 1.95.